The first kappa shape index (κ1) is 20.2. The Kier molecular flexibility index (Phi) is 6.07. The Bertz CT molecular complexity index is 1070. The summed E-state index contributed by atoms with van der Waals surface area (Å²) in [5.74, 6) is 0.409. The van der Waals surface area contributed by atoms with Crippen molar-refractivity contribution < 1.29 is 14.3 Å². The van der Waals surface area contributed by atoms with Crippen molar-refractivity contribution in [2.75, 3.05) is 17.7 Å². The van der Waals surface area contributed by atoms with Crippen LogP contribution in [0.1, 0.15) is 40.6 Å². The van der Waals surface area contributed by atoms with E-state index in [0.29, 0.717) is 17.2 Å². The Labute approximate surface area is 180 Å². The second-order valence-corrected chi connectivity index (χ2v) is 10.0. The third kappa shape index (κ3) is 4.41. The van der Waals surface area contributed by atoms with E-state index in [1.807, 2.05) is 25.1 Å². The number of nitrogens with one attached hydrogen (secondary N) is 1. The Morgan fingerprint density at radius 3 is 2.90 bits per heavy atom. The van der Waals surface area contributed by atoms with Gasteiger partial charge >= 0.3 is 0 Å². The molecule has 6 nitrogen and oxygen atoms in total. The van der Waals surface area contributed by atoms with E-state index < -0.39 is 5.91 Å². The quantitative estimate of drug-likeness (QED) is 0.521. The SMILES string of the molecule is CCOc1ccc2nc(SCC(=O)Nc3sc4c(c3C(N)=O)CCCC4)sc2c1. The molecule has 29 heavy (non-hydrogen) atoms. The number of aromatic nitrogens is 1. The van der Waals surface area contributed by atoms with E-state index in [1.165, 1.54) is 39.3 Å². The van der Waals surface area contributed by atoms with Crippen LogP contribution in [0.15, 0.2) is 22.5 Å². The van der Waals surface area contributed by atoms with Gasteiger partial charge in [0.25, 0.3) is 5.91 Å². The molecule has 0 unspecified atom stereocenters. The van der Waals surface area contributed by atoms with Crippen molar-refractivity contribution in [2.24, 2.45) is 5.73 Å². The number of hydrogen-bond acceptors (Lipinski definition) is 7. The predicted molar refractivity (Wildman–Crippen MR) is 120 cm³/mol. The van der Waals surface area contributed by atoms with Crippen LogP contribution in [0.3, 0.4) is 0 Å². The summed E-state index contributed by atoms with van der Waals surface area (Å²) in [5, 5.41) is 3.48. The molecular weight excluding hydrogens is 426 g/mol. The van der Waals surface area contributed by atoms with Crippen LogP contribution in [-0.2, 0) is 17.6 Å². The number of carbonyl (C=O) groups is 2. The van der Waals surface area contributed by atoms with Crippen molar-refractivity contribution in [3.63, 3.8) is 0 Å². The Hall–Kier alpha value is -2.10. The predicted octanol–water partition coefficient (Wildman–Crippen LogP) is 4.47. The Morgan fingerprint density at radius 2 is 2.10 bits per heavy atom. The van der Waals surface area contributed by atoms with Crippen molar-refractivity contribution in [1.29, 1.82) is 0 Å². The first-order chi connectivity index (χ1) is 14.0. The lowest BCUT2D eigenvalue weighted by Crippen LogP contribution is -2.19. The number of nitrogens with zero attached hydrogens (tertiary/aromatic N) is 1. The van der Waals surface area contributed by atoms with E-state index in [2.05, 4.69) is 10.3 Å². The number of fused-ring (bicyclic) bond motifs is 2. The van der Waals surface area contributed by atoms with Gasteiger partial charge in [0.05, 0.1) is 28.1 Å². The lowest BCUT2D eigenvalue weighted by Gasteiger charge is -2.11. The van der Waals surface area contributed by atoms with E-state index in [-0.39, 0.29) is 11.7 Å². The lowest BCUT2D eigenvalue weighted by atomic mass is 9.95. The number of ether oxygens (including phenoxy) is 1. The number of rotatable bonds is 7. The molecule has 0 fully saturated rings. The molecular formula is C20H21N3O3S3. The molecule has 0 saturated heterocycles. The number of benzene rings is 1. The highest BCUT2D eigenvalue weighted by molar-refractivity contribution is 8.01. The molecule has 4 rings (SSSR count). The van der Waals surface area contributed by atoms with Crippen LogP contribution in [0, 0.1) is 0 Å². The standard InChI is InChI=1S/C20H21N3O3S3/c1-2-26-11-7-8-13-15(9-11)29-20(22-13)27-10-16(24)23-19-17(18(21)25)12-5-3-4-6-14(12)28-19/h7-9H,2-6,10H2,1H3,(H2,21,25)(H,23,24). The molecule has 152 valence electrons. The average molecular weight is 448 g/mol. The third-order valence-electron chi connectivity index (χ3n) is 4.65. The molecule has 0 radical (unpaired) electrons. The molecule has 2 aromatic heterocycles. The number of nitrogens with two attached hydrogens (primary N) is 1. The number of thiazole rings is 1. The summed E-state index contributed by atoms with van der Waals surface area (Å²) in [6, 6.07) is 5.79. The van der Waals surface area contributed by atoms with Crippen LogP contribution >= 0.6 is 34.4 Å². The zero-order valence-electron chi connectivity index (χ0n) is 15.9. The van der Waals surface area contributed by atoms with E-state index in [0.717, 1.165) is 51.6 Å². The minimum absolute atomic E-state index is 0.162. The van der Waals surface area contributed by atoms with Crippen molar-refractivity contribution >= 4 is 61.5 Å². The highest BCUT2D eigenvalue weighted by atomic mass is 32.2. The Morgan fingerprint density at radius 1 is 1.28 bits per heavy atom. The third-order valence-corrected chi connectivity index (χ3v) is 8.02. The summed E-state index contributed by atoms with van der Waals surface area (Å²) in [6.45, 7) is 2.57. The molecule has 1 aromatic carbocycles. The molecule has 0 bridgehead atoms. The maximum absolute atomic E-state index is 12.5. The molecule has 3 N–H and O–H groups in total. The molecule has 0 saturated carbocycles. The molecule has 2 heterocycles. The summed E-state index contributed by atoms with van der Waals surface area (Å²) in [7, 11) is 0. The van der Waals surface area contributed by atoms with Gasteiger partial charge in [-0.2, -0.15) is 0 Å². The van der Waals surface area contributed by atoms with E-state index in [1.54, 1.807) is 0 Å². The maximum Gasteiger partial charge on any atom is 0.251 e. The summed E-state index contributed by atoms with van der Waals surface area (Å²) < 4.78 is 7.38. The molecule has 0 aliphatic heterocycles. The molecule has 1 aliphatic rings. The zero-order valence-corrected chi connectivity index (χ0v) is 18.4. The molecule has 2 amide bonds. The van der Waals surface area contributed by atoms with Gasteiger partial charge in [-0.3, -0.25) is 9.59 Å². The van der Waals surface area contributed by atoms with Crippen molar-refractivity contribution in [3.05, 3.63) is 34.2 Å². The van der Waals surface area contributed by atoms with E-state index in [9.17, 15) is 9.59 Å². The second-order valence-electron chi connectivity index (χ2n) is 6.66. The van der Waals surface area contributed by atoms with Gasteiger partial charge in [-0.05, 0) is 56.4 Å². The summed E-state index contributed by atoms with van der Waals surface area (Å²) >= 11 is 4.40. The van der Waals surface area contributed by atoms with Crippen LogP contribution in [0.25, 0.3) is 10.2 Å². The first-order valence-corrected chi connectivity index (χ1v) is 12.1. The van der Waals surface area contributed by atoms with Crippen LogP contribution in [0.2, 0.25) is 0 Å². The summed E-state index contributed by atoms with van der Waals surface area (Å²) in [6.07, 6.45) is 3.96. The van der Waals surface area contributed by atoms with Crippen molar-refractivity contribution in [2.45, 2.75) is 36.9 Å². The number of primary amides is 1. The summed E-state index contributed by atoms with van der Waals surface area (Å²) in [4.78, 5) is 30.2. The fourth-order valence-electron chi connectivity index (χ4n) is 3.41. The normalized spacial score (nSPS) is 13.3. The first-order valence-electron chi connectivity index (χ1n) is 9.45. The summed E-state index contributed by atoms with van der Waals surface area (Å²) in [5.41, 5.74) is 8.00. The van der Waals surface area contributed by atoms with Gasteiger partial charge in [-0.25, -0.2) is 4.98 Å². The minimum Gasteiger partial charge on any atom is -0.494 e. The number of amides is 2. The van der Waals surface area contributed by atoms with Gasteiger partial charge in [0.1, 0.15) is 10.8 Å². The molecule has 3 aromatic rings. The van der Waals surface area contributed by atoms with E-state index >= 15 is 0 Å². The fraction of sp³-hybridized carbons (Fsp3) is 0.350. The topological polar surface area (TPSA) is 94.3 Å². The number of hydrogen-bond donors (Lipinski definition) is 2. The monoisotopic (exact) mass is 447 g/mol. The molecule has 0 atom stereocenters. The second kappa shape index (κ2) is 8.73. The van der Waals surface area contributed by atoms with Crippen molar-refractivity contribution in [3.8, 4) is 5.75 Å². The van der Waals surface area contributed by atoms with Gasteiger partial charge in [0.15, 0.2) is 4.34 Å². The van der Waals surface area contributed by atoms with Crippen molar-refractivity contribution in [1.82, 2.24) is 4.98 Å². The highest BCUT2D eigenvalue weighted by Crippen LogP contribution is 2.38. The van der Waals surface area contributed by atoms with Gasteiger partial charge < -0.3 is 15.8 Å². The molecule has 1 aliphatic carbocycles. The van der Waals surface area contributed by atoms with Gasteiger partial charge in [0, 0.05) is 4.88 Å². The van der Waals surface area contributed by atoms with Gasteiger partial charge in [-0.1, -0.05) is 11.8 Å². The number of anilines is 1. The van der Waals surface area contributed by atoms with Crippen LogP contribution in [-0.4, -0.2) is 29.2 Å². The number of carbonyl (C=O) groups excluding carboxylic acids is 2. The van der Waals surface area contributed by atoms with Crippen LogP contribution in [0.4, 0.5) is 5.00 Å². The largest absolute Gasteiger partial charge is 0.494 e. The van der Waals surface area contributed by atoms with Gasteiger partial charge in [-0.15, -0.1) is 22.7 Å². The molecule has 9 heteroatoms. The number of aryl methyl sites for hydroxylation is 1. The van der Waals surface area contributed by atoms with Crippen LogP contribution in [0.5, 0.6) is 5.75 Å². The smallest absolute Gasteiger partial charge is 0.251 e. The average Bonchev–Trinajstić information content (AvgIpc) is 3.26. The fourth-order valence-corrected chi connectivity index (χ4v) is 6.61. The zero-order chi connectivity index (χ0) is 20.4. The highest BCUT2D eigenvalue weighted by Gasteiger charge is 2.25. The van der Waals surface area contributed by atoms with E-state index in [4.69, 9.17) is 10.5 Å². The lowest BCUT2D eigenvalue weighted by molar-refractivity contribution is -0.113. The minimum atomic E-state index is -0.469. The Balaban J connectivity index is 1.43. The van der Waals surface area contributed by atoms with Gasteiger partial charge in [0.2, 0.25) is 5.91 Å². The maximum atomic E-state index is 12.5. The number of thiophene rings is 1. The van der Waals surface area contributed by atoms with Crippen LogP contribution < -0.4 is 15.8 Å². The molecule has 0 spiro atoms. The number of thioether (sulfide) groups is 1.